The molecule has 2 saturated heterocycles. The van der Waals surface area contributed by atoms with E-state index in [4.69, 9.17) is 0 Å². The number of carbonyl (C=O) groups excluding carboxylic acids is 4. The van der Waals surface area contributed by atoms with Crippen molar-refractivity contribution in [3.05, 3.63) is 36.9 Å². The number of likely N-dealkylation sites (tertiary alicyclic amines) is 1. The molecule has 4 amide bonds. The summed E-state index contributed by atoms with van der Waals surface area (Å²) < 4.78 is 0. The Balaban J connectivity index is 1.63. The van der Waals surface area contributed by atoms with Gasteiger partial charge in [0.15, 0.2) is 0 Å². The fourth-order valence-corrected chi connectivity index (χ4v) is 3.50. The van der Waals surface area contributed by atoms with Gasteiger partial charge in [-0.1, -0.05) is 6.58 Å². The largest absolute Gasteiger partial charge is 0.338 e. The van der Waals surface area contributed by atoms with Crippen LogP contribution in [-0.4, -0.2) is 41.6 Å². The molecule has 142 valence electrons. The Morgan fingerprint density at radius 1 is 1.07 bits per heavy atom. The standard InChI is InChI=1S/C20H23N3O4/c1-2-17(24)22-12-4-5-14(13-22)20(27)21-15-8-10-16(11-9-15)23-18(25)6-3-7-19(23)26/h2,8-11,14H,1,3-7,12-13H2,(H,21,27). The molecule has 2 heterocycles. The molecule has 7 heteroatoms. The van der Waals surface area contributed by atoms with E-state index in [1.54, 1.807) is 29.2 Å². The molecule has 0 aliphatic carbocycles. The molecule has 0 bridgehead atoms. The van der Waals surface area contributed by atoms with Crippen LogP contribution in [-0.2, 0) is 19.2 Å². The highest BCUT2D eigenvalue weighted by molar-refractivity contribution is 6.16. The van der Waals surface area contributed by atoms with Crippen LogP contribution < -0.4 is 10.2 Å². The van der Waals surface area contributed by atoms with Gasteiger partial charge < -0.3 is 10.2 Å². The first kappa shape index (κ1) is 18.8. The first-order chi connectivity index (χ1) is 13.0. The van der Waals surface area contributed by atoms with Crippen LogP contribution >= 0.6 is 0 Å². The van der Waals surface area contributed by atoms with E-state index in [0.717, 1.165) is 12.8 Å². The zero-order valence-electron chi connectivity index (χ0n) is 15.1. The summed E-state index contributed by atoms with van der Waals surface area (Å²) in [6.45, 7) is 4.51. The SMILES string of the molecule is C=CC(=O)N1CCCC(C(=O)Nc2ccc(N3C(=O)CCCC3=O)cc2)C1. The maximum atomic E-state index is 12.5. The summed E-state index contributed by atoms with van der Waals surface area (Å²) >= 11 is 0. The van der Waals surface area contributed by atoms with Crippen molar-refractivity contribution in [3.63, 3.8) is 0 Å². The van der Waals surface area contributed by atoms with E-state index >= 15 is 0 Å². The Bertz CT molecular complexity index is 756. The first-order valence-electron chi connectivity index (χ1n) is 9.17. The van der Waals surface area contributed by atoms with E-state index in [2.05, 4.69) is 11.9 Å². The summed E-state index contributed by atoms with van der Waals surface area (Å²) in [6, 6.07) is 6.67. The average Bonchev–Trinajstić information content (AvgIpc) is 2.68. The van der Waals surface area contributed by atoms with Crippen LogP contribution in [0.3, 0.4) is 0 Å². The van der Waals surface area contributed by atoms with Gasteiger partial charge in [0.1, 0.15) is 0 Å². The minimum absolute atomic E-state index is 0.144. The molecule has 0 saturated carbocycles. The lowest BCUT2D eigenvalue weighted by molar-refractivity contribution is -0.131. The number of nitrogens with zero attached hydrogens (tertiary/aromatic N) is 2. The van der Waals surface area contributed by atoms with Gasteiger partial charge >= 0.3 is 0 Å². The lowest BCUT2D eigenvalue weighted by atomic mass is 9.97. The predicted octanol–water partition coefficient (Wildman–Crippen LogP) is 2.09. The van der Waals surface area contributed by atoms with Crippen LogP contribution in [0.2, 0.25) is 0 Å². The van der Waals surface area contributed by atoms with Gasteiger partial charge in [-0.15, -0.1) is 0 Å². The molecule has 0 spiro atoms. The summed E-state index contributed by atoms with van der Waals surface area (Å²) in [4.78, 5) is 51.1. The number of rotatable bonds is 4. The average molecular weight is 369 g/mol. The van der Waals surface area contributed by atoms with Crippen LogP contribution in [0.1, 0.15) is 32.1 Å². The van der Waals surface area contributed by atoms with Crippen molar-refractivity contribution in [1.29, 1.82) is 0 Å². The van der Waals surface area contributed by atoms with Crippen molar-refractivity contribution >= 4 is 35.0 Å². The van der Waals surface area contributed by atoms with Gasteiger partial charge in [-0.3, -0.25) is 24.1 Å². The number of imide groups is 1. The van der Waals surface area contributed by atoms with Gasteiger partial charge in [-0.05, 0) is 49.6 Å². The predicted molar refractivity (Wildman–Crippen MR) is 101 cm³/mol. The van der Waals surface area contributed by atoms with E-state index in [1.165, 1.54) is 11.0 Å². The number of nitrogens with one attached hydrogen (secondary N) is 1. The number of carbonyl (C=O) groups is 4. The summed E-state index contributed by atoms with van der Waals surface area (Å²) in [5.74, 6) is -0.968. The number of piperidine rings is 2. The van der Waals surface area contributed by atoms with Crippen LogP contribution in [0, 0.1) is 5.92 Å². The van der Waals surface area contributed by atoms with Crippen LogP contribution in [0.25, 0.3) is 0 Å². The lowest BCUT2D eigenvalue weighted by Crippen LogP contribution is -2.43. The number of benzene rings is 1. The molecule has 2 aliphatic rings. The van der Waals surface area contributed by atoms with Crippen molar-refractivity contribution < 1.29 is 19.2 Å². The zero-order valence-corrected chi connectivity index (χ0v) is 15.1. The van der Waals surface area contributed by atoms with Crippen LogP contribution in [0.4, 0.5) is 11.4 Å². The number of hydrogen-bond donors (Lipinski definition) is 1. The molecule has 2 aliphatic heterocycles. The van der Waals surface area contributed by atoms with Gasteiger partial charge in [0, 0.05) is 31.6 Å². The quantitative estimate of drug-likeness (QED) is 0.650. The highest BCUT2D eigenvalue weighted by atomic mass is 16.2. The van der Waals surface area contributed by atoms with Gasteiger partial charge in [-0.25, -0.2) is 0 Å². The fourth-order valence-electron chi connectivity index (χ4n) is 3.50. The zero-order chi connectivity index (χ0) is 19.4. The van der Waals surface area contributed by atoms with Crippen molar-refractivity contribution in [2.45, 2.75) is 32.1 Å². The minimum Gasteiger partial charge on any atom is -0.338 e. The number of hydrogen-bond acceptors (Lipinski definition) is 4. The number of amides is 4. The Hall–Kier alpha value is -2.96. The molecule has 2 fully saturated rings. The van der Waals surface area contributed by atoms with E-state index in [1.807, 2.05) is 0 Å². The monoisotopic (exact) mass is 369 g/mol. The van der Waals surface area contributed by atoms with Gasteiger partial charge in [-0.2, -0.15) is 0 Å². The molecule has 1 aromatic rings. The van der Waals surface area contributed by atoms with Crippen LogP contribution in [0.15, 0.2) is 36.9 Å². The molecule has 1 unspecified atom stereocenters. The highest BCUT2D eigenvalue weighted by Crippen LogP contribution is 2.24. The summed E-state index contributed by atoms with van der Waals surface area (Å²) in [5, 5.41) is 2.85. The summed E-state index contributed by atoms with van der Waals surface area (Å²) in [6.07, 6.45) is 4.09. The molecule has 7 nitrogen and oxygen atoms in total. The van der Waals surface area contributed by atoms with Crippen molar-refractivity contribution in [3.8, 4) is 0 Å². The van der Waals surface area contributed by atoms with E-state index < -0.39 is 0 Å². The maximum Gasteiger partial charge on any atom is 0.245 e. The third-order valence-corrected chi connectivity index (χ3v) is 4.95. The second-order valence-corrected chi connectivity index (χ2v) is 6.84. The van der Waals surface area contributed by atoms with E-state index in [9.17, 15) is 19.2 Å². The molecular formula is C20H23N3O4. The first-order valence-corrected chi connectivity index (χ1v) is 9.17. The van der Waals surface area contributed by atoms with Crippen molar-refractivity contribution in [1.82, 2.24) is 4.90 Å². The van der Waals surface area contributed by atoms with Gasteiger partial charge in [0.05, 0.1) is 11.6 Å². The van der Waals surface area contributed by atoms with E-state index in [-0.39, 0.29) is 29.5 Å². The Kier molecular flexibility index (Phi) is 5.69. The van der Waals surface area contributed by atoms with Gasteiger partial charge in [0.2, 0.25) is 23.6 Å². The second kappa shape index (κ2) is 8.16. The molecule has 3 rings (SSSR count). The minimum atomic E-state index is -0.271. The fraction of sp³-hybridized carbons (Fsp3) is 0.400. The van der Waals surface area contributed by atoms with E-state index in [0.29, 0.717) is 43.7 Å². The van der Waals surface area contributed by atoms with Crippen molar-refractivity contribution in [2.24, 2.45) is 5.92 Å². The van der Waals surface area contributed by atoms with Crippen molar-refractivity contribution in [2.75, 3.05) is 23.3 Å². The molecule has 1 N–H and O–H groups in total. The summed E-state index contributed by atoms with van der Waals surface area (Å²) in [7, 11) is 0. The molecule has 1 atom stereocenters. The molecule has 1 aromatic carbocycles. The third kappa shape index (κ3) is 4.24. The third-order valence-electron chi connectivity index (χ3n) is 4.95. The Morgan fingerprint density at radius 2 is 1.74 bits per heavy atom. The normalized spacial score (nSPS) is 20.4. The summed E-state index contributed by atoms with van der Waals surface area (Å²) in [5.41, 5.74) is 1.11. The highest BCUT2D eigenvalue weighted by Gasteiger charge is 2.29. The smallest absolute Gasteiger partial charge is 0.245 e. The molecule has 0 radical (unpaired) electrons. The maximum absolute atomic E-state index is 12.5. The topological polar surface area (TPSA) is 86.8 Å². The molecule has 0 aromatic heterocycles. The van der Waals surface area contributed by atoms with Gasteiger partial charge in [0.25, 0.3) is 0 Å². The Morgan fingerprint density at radius 3 is 2.37 bits per heavy atom. The number of anilines is 2. The second-order valence-electron chi connectivity index (χ2n) is 6.84. The van der Waals surface area contributed by atoms with Crippen LogP contribution in [0.5, 0.6) is 0 Å². The molecule has 27 heavy (non-hydrogen) atoms. The lowest BCUT2D eigenvalue weighted by Gasteiger charge is -2.31. The molecular weight excluding hydrogens is 346 g/mol. The Labute approximate surface area is 158 Å².